The molecule has 0 aromatic carbocycles. The smallest absolute Gasteiger partial charge is 0.186 e. The Kier molecular flexibility index (Phi) is 3.03. The Morgan fingerprint density at radius 1 is 1.08 bits per heavy atom. The first-order valence-corrected chi connectivity index (χ1v) is 3.80. The van der Waals surface area contributed by atoms with E-state index in [1.54, 1.807) is 6.92 Å². The van der Waals surface area contributed by atoms with Crippen molar-refractivity contribution in [2.45, 2.75) is 37.6 Å². The zero-order valence-electron chi connectivity index (χ0n) is 7.04. The fourth-order valence-electron chi connectivity index (χ4n) is 1.21. The van der Waals surface area contributed by atoms with Gasteiger partial charge in [-0.25, -0.2) is 0 Å². The first-order valence-electron chi connectivity index (χ1n) is 3.80. The number of rotatable bonds is 1. The third-order valence-corrected chi connectivity index (χ3v) is 2.04. The summed E-state index contributed by atoms with van der Waals surface area (Å²) in [5.41, 5.74) is 0. The van der Waals surface area contributed by atoms with Gasteiger partial charge in [0.05, 0.1) is 6.10 Å². The van der Waals surface area contributed by atoms with Crippen LogP contribution in [0.5, 0.6) is 0 Å². The van der Waals surface area contributed by atoms with Crippen molar-refractivity contribution >= 4 is 0 Å². The molecular formula is C7H14O5. The second kappa shape index (κ2) is 3.68. The highest BCUT2D eigenvalue weighted by atomic mass is 16.7. The van der Waals surface area contributed by atoms with Crippen LogP contribution in [-0.2, 0) is 9.47 Å². The first-order chi connectivity index (χ1) is 5.57. The summed E-state index contributed by atoms with van der Waals surface area (Å²) in [5.74, 6) is 0. The number of ether oxygens (including phenoxy) is 2. The monoisotopic (exact) mass is 178 g/mol. The lowest BCUT2D eigenvalue weighted by atomic mass is 10.0. The lowest BCUT2D eigenvalue weighted by molar-refractivity contribution is -0.286. The van der Waals surface area contributed by atoms with Gasteiger partial charge in [0.1, 0.15) is 18.3 Å². The lowest BCUT2D eigenvalue weighted by Crippen LogP contribution is -2.57. The van der Waals surface area contributed by atoms with Crippen LogP contribution < -0.4 is 0 Å². The molecule has 0 aromatic heterocycles. The van der Waals surface area contributed by atoms with Crippen molar-refractivity contribution in [2.24, 2.45) is 0 Å². The SMILES string of the molecule is COC1OC(C)[C@@H](O)C(O)C1O. The summed E-state index contributed by atoms with van der Waals surface area (Å²) in [6, 6.07) is 0. The summed E-state index contributed by atoms with van der Waals surface area (Å²) in [4.78, 5) is 0. The predicted molar refractivity (Wildman–Crippen MR) is 39.4 cm³/mol. The topological polar surface area (TPSA) is 79.2 Å². The minimum absolute atomic E-state index is 0.534. The molecule has 1 aliphatic heterocycles. The molecule has 1 fully saturated rings. The van der Waals surface area contributed by atoms with Gasteiger partial charge in [0.2, 0.25) is 0 Å². The summed E-state index contributed by atoms with van der Waals surface area (Å²) >= 11 is 0. The van der Waals surface area contributed by atoms with Crippen LogP contribution in [0.3, 0.4) is 0 Å². The van der Waals surface area contributed by atoms with Gasteiger partial charge in [0.15, 0.2) is 6.29 Å². The van der Waals surface area contributed by atoms with Crippen LogP contribution in [0.1, 0.15) is 6.92 Å². The molecule has 0 saturated carbocycles. The lowest BCUT2D eigenvalue weighted by Gasteiger charge is -2.38. The van der Waals surface area contributed by atoms with Crippen LogP contribution in [0.2, 0.25) is 0 Å². The Morgan fingerprint density at radius 2 is 1.67 bits per heavy atom. The Hall–Kier alpha value is -0.200. The summed E-state index contributed by atoms with van der Waals surface area (Å²) in [7, 11) is 1.37. The van der Waals surface area contributed by atoms with Crippen molar-refractivity contribution in [3.05, 3.63) is 0 Å². The largest absolute Gasteiger partial charge is 0.388 e. The Labute approximate surface area is 70.5 Å². The normalized spacial score (nSPS) is 49.2. The number of aliphatic hydroxyl groups excluding tert-OH is 3. The van der Waals surface area contributed by atoms with Crippen LogP contribution in [-0.4, -0.2) is 53.1 Å². The van der Waals surface area contributed by atoms with Gasteiger partial charge < -0.3 is 24.8 Å². The number of aliphatic hydroxyl groups is 3. The number of methoxy groups -OCH3 is 1. The molecule has 12 heavy (non-hydrogen) atoms. The van der Waals surface area contributed by atoms with Gasteiger partial charge in [0, 0.05) is 7.11 Å². The van der Waals surface area contributed by atoms with Gasteiger partial charge >= 0.3 is 0 Å². The van der Waals surface area contributed by atoms with Gasteiger partial charge in [0.25, 0.3) is 0 Å². The van der Waals surface area contributed by atoms with Crippen molar-refractivity contribution in [1.82, 2.24) is 0 Å². The third-order valence-electron chi connectivity index (χ3n) is 2.04. The molecule has 0 aliphatic carbocycles. The third kappa shape index (κ3) is 1.60. The van der Waals surface area contributed by atoms with Crippen LogP contribution >= 0.6 is 0 Å². The summed E-state index contributed by atoms with van der Waals surface area (Å²) < 4.78 is 9.80. The van der Waals surface area contributed by atoms with E-state index in [1.807, 2.05) is 0 Å². The quantitative estimate of drug-likeness (QED) is 0.453. The second-order valence-corrected chi connectivity index (χ2v) is 2.92. The van der Waals surface area contributed by atoms with Crippen LogP contribution in [0, 0.1) is 0 Å². The maximum absolute atomic E-state index is 9.27. The van der Waals surface area contributed by atoms with Gasteiger partial charge in [-0.05, 0) is 6.92 Å². The molecule has 0 bridgehead atoms. The fraction of sp³-hybridized carbons (Fsp3) is 1.00. The van der Waals surface area contributed by atoms with E-state index in [0.717, 1.165) is 0 Å². The molecule has 4 unspecified atom stereocenters. The molecule has 0 amide bonds. The Bertz CT molecular complexity index is 146. The molecule has 0 aromatic rings. The van der Waals surface area contributed by atoms with Gasteiger partial charge in [-0.15, -0.1) is 0 Å². The molecule has 1 aliphatic rings. The van der Waals surface area contributed by atoms with E-state index in [9.17, 15) is 15.3 Å². The molecule has 5 atom stereocenters. The highest BCUT2D eigenvalue weighted by molar-refractivity contribution is 4.86. The fourth-order valence-corrected chi connectivity index (χ4v) is 1.21. The van der Waals surface area contributed by atoms with Crippen molar-refractivity contribution in [1.29, 1.82) is 0 Å². The van der Waals surface area contributed by atoms with Crippen molar-refractivity contribution in [3.8, 4) is 0 Å². The molecule has 0 radical (unpaired) electrons. The number of hydrogen-bond acceptors (Lipinski definition) is 5. The summed E-state index contributed by atoms with van der Waals surface area (Å²) in [5, 5.41) is 27.8. The molecule has 0 spiro atoms. The van der Waals surface area contributed by atoms with Crippen molar-refractivity contribution in [3.63, 3.8) is 0 Å². The predicted octanol–water partition coefficient (Wildman–Crippen LogP) is -1.54. The average Bonchev–Trinajstić information content (AvgIpc) is 2.08. The Morgan fingerprint density at radius 3 is 2.17 bits per heavy atom. The number of hydrogen-bond donors (Lipinski definition) is 3. The Balaban J connectivity index is 2.63. The van der Waals surface area contributed by atoms with Crippen molar-refractivity contribution < 1.29 is 24.8 Å². The van der Waals surface area contributed by atoms with E-state index >= 15 is 0 Å². The van der Waals surface area contributed by atoms with Gasteiger partial charge in [-0.3, -0.25) is 0 Å². The van der Waals surface area contributed by atoms with Crippen LogP contribution in [0.25, 0.3) is 0 Å². The maximum Gasteiger partial charge on any atom is 0.186 e. The van der Waals surface area contributed by atoms with Crippen LogP contribution in [0.4, 0.5) is 0 Å². The second-order valence-electron chi connectivity index (χ2n) is 2.92. The molecule has 5 heteroatoms. The van der Waals surface area contributed by atoms with E-state index in [-0.39, 0.29) is 0 Å². The van der Waals surface area contributed by atoms with Crippen LogP contribution in [0.15, 0.2) is 0 Å². The molecule has 1 rings (SSSR count). The zero-order valence-corrected chi connectivity index (χ0v) is 7.04. The first kappa shape index (κ1) is 9.88. The minimum Gasteiger partial charge on any atom is -0.388 e. The summed E-state index contributed by atoms with van der Waals surface area (Å²) in [6.07, 6.45) is -4.86. The van der Waals surface area contributed by atoms with E-state index in [1.165, 1.54) is 7.11 Å². The van der Waals surface area contributed by atoms with E-state index in [2.05, 4.69) is 0 Å². The van der Waals surface area contributed by atoms with Gasteiger partial charge in [-0.1, -0.05) is 0 Å². The standard InChI is InChI=1S/C7H14O5/c1-3-4(8)5(9)6(10)7(11-2)12-3/h3-10H,1-2H3/t3?,4-,5?,6?,7?/m1/s1. The van der Waals surface area contributed by atoms with E-state index in [0.29, 0.717) is 0 Å². The van der Waals surface area contributed by atoms with E-state index in [4.69, 9.17) is 9.47 Å². The molecule has 3 N–H and O–H groups in total. The average molecular weight is 178 g/mol. The van der Waals surface area contributed by atoms with Crippen molar-refractivity contribution in [2.75, 3.05) is 7.11 Å². The molecule has 5 nitrogen and oxygen atoms in total. The van der Waals surface area contributed by atoms with Gasteiger partial charge in [-0.2, -0.15) is 0 Å². The highest BCUT2D eigenvalue weighted by Crippen LogP contribution is 2.20. The van der Waals surface area contributed by atoms with E-state index < -0.39 is 30.7 Å². The zero-order chi connectivity index (χ0) is 9.30. The summed E-state index contributed by atoms with van der Waals surface area (Å²) in [6.45, 7) is 1.60. The molecular weight excluding hydrogens is 164 g/mol. The molecule has 72 valence electrons. The highest BCUT2D eigenvalue weighted by Gasteiger charge is 2.41. The molecule has 1 saturated heterocycles. The minimum atomic E-state index is -1.21. The molecule has 1 heterocycles. The maximum atomic E-state index is 9.27.